The van der Waals surface area contributed by atoms with Gasteiger partial charge in [0.05, 0.1) is 81.5 Å². The third-order valence-electron chi connectivity index (χ3n) is 11.1. The van der Waals surface area contributed by atoms with Crippen molar-refractivity contribution < 1.29 is 0 Å². The quantitative estimate of drug-likeness (QED) is 0.163. The minimum atomic E-state index is 0.412. The summed E-state index contributed by atoms with van der Waals surface area (Å²) >= 11 is 0. The van der Waals surface area contributed by atoms with Gasteiger partial charge in [0.25, 0.3) is 0 Å². The summed E-state index contributed by atoms with van der Waals surface area (Å²) in [5.41, 5.74) is 12.8. The van der Waals surface area contributed by atoms with E-state index in [1.54, 1.807) is 18.3 Å². The Morgan fingerprint density at radius 2 is 0.967 bits per heavy atom. The Morgan fingerprint density at radius 3 is 1.53 bits per heavy atom. The summed E-state index contributed by atoms with van der Waals surface area (Å²) < 4.78 is 4.44. The monoisotopic (exact) mass is 762 g/mol. The highest BCUT2D eigenvalue weighted by atomic mass is 15.0. The van der Waals surface area contributed by atoms with Gasteiger partial charge in [0.2, 0.25) is 0 Å². The summed E-state index contributed by atoms with van der Waals surface area (Å²) in [4.78, 5) is 11.9. The van der Waals surface area contributed by atoms with Crippen LogP contribution < -0.4 is 0 Å². The van der Waals surface area contributed by atoms with Crippen LogP contribution in [0.2, 0.25) is 0 Å². The second-order valence-corrected chi connectivity index (χ2v) is 14.4. The van der Waals surface area contributed by atoms with Crippen molar-refractivity contribution in [1.29, 1.82) is 15.8 Å². The number of hydrogen-bond acceptors (Lipinski definition) is 4. The lowest BCUT2D eigenvalue weighted by molar-refractivity contribution is 1.14. The topological polar surface area (TPSA) is 103 Å². The molecule has 0 aliphatic rings. The van der Waals surface area contributed by atoms with Gasteiger partial charge >= 0.3 is 0 Å². The summed E-state index contributed by atoms with van der Waals surface area (Å²) in [7, 11) is 0. The maximum atomic E-state index is 10.3. The Hall–Kier alpha value is -9.26. The Bertz CT molecular complexity index is 3620. The summed E-state index contributed by atoms with van der Waals surface area (Å²) in [6.45, 7) is 15.2. The predicted molar refractivity (Wildman–Crippen MR) is 236 cm³/mol. The Balaban J connectivity index is 1.20. The molecule has 0 aliphatic heterocycles. The molecule has 0 radical (unpaired) electrons. The average molecular weight is 763 g/mol. The van der Waals surface area contributed by atoms with E-state index in [0.29, 0.717) is 28.1 Å². The van der Waals surface area contributed by atoms with Crippen LogP contribution in [0.5, 0.6) is 0 Å². The maximum Gasteiger partial charge on any atom is 0.177 e. The molecule has 0 aliphatic carbocycles. The van der Waals surface area contributed by atoms with E-state index in [1.807, 2.05) is 91.1 Å². The molecule has 3 aromatic heterocycles. The van der Waals surface area contributed by atoms with Crippen molar-refractivity contribution in [3.8, 4) is 63.0 Å². The fourth-order valence-corrected chi connectivity index (χ4v) is 8.44. The molecule has 0 spiro atoms. The number of benzene rings is 7. The molecule has 0 atom stereocenters. The molecule has 10 rings (SSSR count). The van der Waals surface area contributed by atoms with Crippen LogP contribution in [0.3, 0.4) is 0 Å². The third kappa shape index (κ3) is 5.61. The number of hydrogen-bond donors (Lipinski definition) is 0. The molecule has 8 nitrogen and oxygen atoms in total. The van der Waals surface area contributed by atoms with E-state index in [-0.39, 0.29) is 0 Å². The van der Waals surface area contributed by atoms with Crippen molar-refractivity contribution in [2.45, 2.75) is 0 Å². The molecule has 10 aromatic rings. The van der Waals surface area contributed by atoms with Crippen molar-refractivity contribution in [1.82, 2.24) is 14.1 Å². The fourth-order valence-electron chi connectivity index (χ4n) is 8.44. The molecule has 0 bridgehead atoms. The molecule has 0 saturated carbocycles. The van der Waals surface area contributed by atoms with Crippen LogP contribution in [-0.4, -0.2) is 14.1 Å². The first-order valence-corrected chi connectivity index (χ1v) is 18.9. The van der Waals surface area contributed by atoms with Crippen LogP contribution in [0.4, 0.5) is 11.4 Å². The number of nitrogens with zero attached hydrogens (tertiary/aromatic N) is 8. The van der Waals surface area contributed by atoms with Crippen LogP contribution >= 0.6 is 0 Å². The average Bonchev–Trinajstić information content (AvgIpc) is 3.83. The lowest BCUT2D eigenvalue weighted by atomic mass is 9.98. The molecule has 0 fully saturated rings. The van der Waals surface area contributed by atoms with Gasteiger partial charge in [-0.15, -0.1) is 0 Å². The van der Waals surface area contributed by atoms with Crippen molar-refractivity contribution >= 4 is 55.0 Å². The van der Waals surface area contributed by atoms with E-state index in [0.717, 1.165) is 88.4 Å². The molecule has 3 heterocycles. The number of fused-ring (bicyclic) bond motifs is 6. The number of para-hydroxylation sites is 2. The largest absolute Gasteiger partial charge is 0.309 e. The van der Waals surface area contributed by atoms with Crippen LogP contribution in [0.1, 0.15) is 16.7 Å². The van der Waals surface area contributed by atoms with Crippen molar-refractivity contribution in [3.63, 3.8) is 0 Å². The Kier molecular flexibility index (Phi) is 8.23. The van der Waals surface area contributed by atoms with Gasteiger partial charge in [-0.2, -0.15) is 15.8 Å². The van der Waals surface area contributed by atoms with Gasteiger partial charge in [-0.3, -0.25) is 4.98 Å². The normalized spacial score (nSPS) is 10.9. The molecule has 0 amide bonds. The van der Waals surface area contributed by atoms with Crippen LogP contribution in [0.15, 0.2) is 158 Å². The lowest BCUT2D eigenvalue weighted by Crippen LogP contribution is -2.02. The highest BCUT2D eigenvalue weighted by Gasteiger charge is 2.22. The summed E-state index contributed by atoms with van der Waals surface area (Å²) in [6.07, 6.45) is 3.66. The van der Waals surface area contributed by atoms with Crippen molar-refractivity contribution in [2.24, 2.45) is 0 Å². The summed E-state index contributed by atoms with van der Waals surface area (Å²) in [5.74, 6) is 0. The minimum absolute atomic E-state index is 0.412. The van der Waals surface area contributed by atoms with Gasteiger partial charge < -0.3 is 9.13 Å². The molecule has 7 aromatic carbocycles. The maximum absolute atomic E-state index is 10.3. The fraction of sp³-hybridized carbons (Fsp3) is 0. The van der Waals surface area contributed by atoms with Crippen LogP contribution in [-0.2, 0) is 0 Å². The number of nitriles is 3. The van der Waals surface area contributed by atoms with E-state index >= 15 is 0 Å². The van der Waals surface area contributed by atoms with Gasteiger partial charge in [-0.25, -0.2) is 9.69 Å². The van der Waals surface area contributed by atoms with E-state index in [9.17, 15) is 15.8 Å². The highest BCUT2D eigenvalue weighted by molar-refractivity contribution is 6.13. The predicted octanol–water partition coefficient (Wildman–Crippen LogP) is 13.0. The van der Waals surface area contributed by atoms with Gasteiger partial charge in [-0.05, 0) is 95.1 Å². The number of rotatable bonds is 5. The van der Waals surface area contributed by atoms with Crippen molar-refractivity contribution in [2.75, 3.05) is 0 Å². The zero-order valence-corrected chi connectivity index (χ0v) is 31.6. The van der Waals surface area contributed by atoms with E-state index in [1.165, 1.54) is 0 Å². The molecule has 0 N–H and O–H groups in total. The van der Waals surface area contributed by atoms with E-state index in [4.69, 9.17) is 13.1 Å². The lowest BCUT2D eigenvalue weighted by Gasteiger charge is -2.18. The molecule has 60 heavy (non-hydrogen) atoms. The second-order valence-electron chi connectivity index (χ2n) is 14.4. The number of pyridine rings is 1. The summed E-state index contributed by atoms with van der Waals surface area (Å²) in [5, 5.41) is 33.7. The number of aromatic nitrogens is 3. The van der Waals surface area contributed by atoms with Crippen molar-refractivity contribution in [3.05, 3.63) is 198 Å². The Morgan fingerprint density at radius 1 is 0.433 bits per heavy atom. The zero-order chi connectivity index (χ0) is 40.9. The molecule has 274 valence electrons. The van der Waals surface area contributed by atoms with Gasteiger partial charge in [0.1, 0.15) is 0 Å². The molecule has 0 saturated heterocycles. The SMILES string of the molecule is [C-]#[N+]c1cc([N+]#[C-])cc(-c2ccc3c(c2)c2ccccc2n3-c2cc(C#N)ccc2-c2cnccc2-n2c3ccccc3c3cc(-c4cc(C#N)cc(C#N)c4)ccc32)c1. The second kappa shape index (κ2) is 14.0. The first kappa shape index (κ1) is 35.2. The first-order chi connectivity index (χ1) is 29.5. The smallest absolute Gasteiger partial charge is 0.177 e. The highest BCUT2D eigenvalue weighted by Crippen LogP contribution is 2.42. The first-order valence-electron chi connectivity index (χ1n) is 18.9. The zero-order valence-electron chi connectivity index (χ0n) is 31.6. The van der Waals surface area contributed by atoms with E-state index < -0.39 is 0 Å². The van der Waals surface area contributed by atoms with Gasteiger partial charge in [0, 0.05) is 45.1 Å². The van der Waals surface area contributed by atoms with Crippen LogP contribution in [0.25, 0.3) is 98.1 Å². The van der Waals surface area contributed by atoms with E-state index in [2.05, 4.69) is 90.5 Å². The molecular formula is C52H26N8. The summed E-state index contributed by atoms with van der Waals surface area (Å²) in [6, 6.07) is 53.8. The molecule has 8 heteroatoms. The third-order valence-corrected chi connectivity index (χ3v) is 11.1. The minimum Gasteiger partial charge on any atom is -0.309 e. The molecular weight excluding hydrogens is 737 g/mol. The standard InChI is InChI=1S/C52H26N8/c1-56-39-23-38(24-40(27-39)57-2)36-13-16-50-45(26-36)42-8-4-6-10-48(42)60(50)52-22-32(28-53)11-14-43(52)46-31-58-18-17-51(46)59-47-9-5-3-7-41(47)44-25-35(12-15-49(44)59)37-20-33(29-54)19-34(21-37)30-55/h3-27,31H. The van der Waals surface area contributed by atoms with Crippen LogP contribution in [0, 0.1) is 47.1 Å². The van der Waals surface area contributed by atoms with Gasteiger partial charge in [-0.1, -0.05) is 72.8 Å². The molecule has 0 unspecified atom stereocenters. The van der Waals surface area contributed by atoms with Gasteiger partial charge in [0.15, 0.2) is 11.4 Å². The Labute approximate surface area is 344 Å².